The van der Waals surface area contributed by atoms with Gasteiger partial charge in [0.25, 0.3) is 0 Å². The van der Waals surface area contributed by atoms with Gasteiger partial charge < -0.3 is 69.4 Å². The predicted molar refractivity (Wildman–Crippen MR) is 237 cm³/mol. The molecule has 36 heteroatoms. The number of hydrogen-bond acceptors (Lipinski definition) is 22. The van der Waals surface area contributed by atoms with Crippen LogP contribution in [-0.4, -0.2) is 90.3 Å². The Morgan fingerprint density at radius 2 is 0.594 bits per heavy atom. The van der Waals surface area contributed by atoms with E-state index in [-0.39, 0.29) is 92.4 Å². The number of phenolic OH excluding ortho intramolecular Hbond substituents is 2. The Morgan fingerprint density at radius 1 is 0.344 bits per heavy atom. The van der Waals surface area contributed by atoms with Crippen molar-refractivity contribution in [2.24, 2.45) is 0 Å². The van der Waals surface area contributed by atoms with Crippen molar-refractivity contribution in [2.45, 2.75) is 0 Å². The summed E-state index contributed by atoms with van der Waals surface area (Å²) in [5.41, 5.74) is 0.0339. The van der Waals surface area contributed by atoms with Crippen LogP contribution in [0.15, 0.2) is 79.8 Å². The number of H-pyrrole nitrogens is 2. The third-order valence-electron chi connectivity index (χ3n) is 6.92. The zero-order chi connectivity index (χ0) is 42.9. The molecule has 0 bridgehead atoms. The molecular formula is C28H46N10O22S4. The van der Waals surface area contributed by atoms with E-state index in [0.29, 0.717) is 32.8 Å². The van der Waals surface area contributed by atoms with E-state index in [1.807, 2.05) is 0 Å². The van der Waals surface area contributed by atoms with Crippen molar-refractivity contribution in [2.75, 3.05) is 0 Å². The lowest BCUT2D eigenvalue weighted by atomic mass is 9.99. The summed E-state index contributed by atoms with van der Waals surface area (Å²) < 4.78 is 126. The van der Waals surface area contributed by atoms with Crippen LogP contribution in [0.2, 0.25) is 0 Å². The van der Waals surface area contributed by atoms with Crippen LogP contribution in [0.4, 0.5) is 0 Å². The van der Waals surface area contributed by atoms with Gasteiger partial charge in [0.2, 0.25) is 0 Å². The van der Waals surface area contributed by atoms with Crippen molar-refractivity contribution >= 4 is 107 Å². The number of aromatic amines is 2. The lowest BCUT2D eigenvalue weighted by Gasteiger charge is -2.10. The number of benzene rings is 6. The largest absolute Gasteiger partial charge is 0.504 e. The van der Waals surface area contributed by atoms with Gasteiger partial charge in [0.05, 0.1) is 38.2 Å². The third kappa shape index (κ3) is 18.3. The highest BCUT2D eigenvalue weighted by Gasteiger charge is 2.20. The van der Waals surface area contributed by atoms with Crippen molar-refractivity contribution < 1.29 is 80.3 Å². The summed E-state index contributed by atoms with van der Waals surface area (Å²) in [5.74, 6) is -1.13. The Morgan fingerprint density at radius 3 is 0.938 bits per heavy atom. The van der Waals surface area contributed by atoms with Gasteiger partial charge in [0.15, 0.2) is 33.2 Å². The number of nitrogens with one attached hydrogen (secondary N) is 2. The number of aromatic hydroxyl groups is 2. The highest BCUT2D eigenvalue weighted by Crippen LogP contribution is 2.32. The van der Waals surface area contributed by atoms with Gasteiger partial charge in [-0.25, -0.2) is 0 Å². The average Bonchev–Trinajstić information content (AvgIpc) is 3.02. The first-order valence-electron chi connectivity index (χ1n) is 13.9. The van der Waals surface area contributed by atoms with Crippen LogP contribution in [0.5, 0.6) is 11.5 Å². The molecule has 6 aromatic carbocycles. The van der Waals surface area contributed by atoms with Crippen LogP contribution in [0, 0.1) is 0 Å². The third-order valence-corrected chi connectivity index (χ3v) is 6.92. The molecule has 0 amide bonds. The molecule has 0 aliphatic rings. The average molecular weight is 1000 g/mol. The predicted octanol–water partition coefficient (Wildman–Crippen LogP) is 2.24. The molecular weight excluding hydrogens is 957 g/mol. The lowest BCUT2D eigenvalue weighted by Crippen LogP contribution is -2.15. The summed E-state index contributed by atoms with van der Waals surface area (Å²) >= 11 is 0. The smallest absolute Gasteiger partial charge is 0.394 e. The van der Waals surface area contributed by atoms with Gasteiger partial charge in [-0.2, -0.15) is 33.7 Å². The molecule has 7 aromatic rings. The molecule has 32 nitrogen and oxygen atoms in total. The molecule has 0 radical (unpaired) electrons. The van der Waals surface area contributed by atoms with Gasteiger partial charge >= 0.3 is 41.6 Å². The zero-order valence-electron chi connectivity index (χ0n) is 32.4. The van der Waals surface area contributed by atoms with E-state index < -0.39 is 64.0 Å². The van der Waals surface area contributed by atoms with E-state index >= 15 is 0 Å². The Balaban J connectivity index is -0.000000257. The van der Waals surface area contributed by atoms with Crippen LogP contribution in [0.3, 0.4) is 0 Å². The molecule has 0 saturated carbocycles. The minimum Gasteiger partial charge on any atom is -0.504 e. The molecule has 1 heterocycles. The van der Waals surface area contributed by atoms with Gasteiger partial charge in [-0.3, -0.25) is 55.6 Å². The summed E-state index contributed by atoms with van der Waals surface area (Å²) in [7, 11) is -18.7. The summed E-state index contributed by atoms with van der Waals surface area (Å²) in [6.45, 7) is 0. The van der Waals surface area contributed by atoms with Crippen LogP contribution >= 0.6 is 0 Å². The first-order valence-corrected chi connectivity index (χ1v) is 19.5. The van der Waals surface area contributed by atoms with Crippen LogP contribution in [0.25, 0.3) is 65.2 Å². The highest BCUT2D eigenvalue weighted by atomic mass is 32.3. The number of aromatic nitrogens is 2. The quantitative estimate of drug-likeness (QED) is 0.0448. The van der Waals surface area contributed by atoms with Gasteiger partial charge in [-0.05, 0) is 36.4 Å². The number of hydrogen-bond donors (Lipinski definition) is 20. The lowest BCUT2D eigenvalue weighted by molar-refractivity contribution is 0.378. The van der Waals surface area contributed by atoms with E-state index in [4.69, 9.17) is 70.1 Å². The number of fused-ring (bicyclic) bond motifs is 8. The standard InChI is InChI=1S/C28H14N2O6.8H3N.4H2O4S/c31-18-10-7-15-21(28(18)36)27(35)14-6-9-17-23(20(14)26(15)34)30-16-8-5-13-19(22(16)29-17)25(33)12-4-2-1-3-11(12)24(13)32;;;;;;;;;4*1-5(2,3)4/h1-10,29-31,36H;8*1H3;4*(H2,1,2,3,4). The van der Waals surface area contributed by atoms with E-state index in [0.717, 1.165) is 6.07 Å². The molecule has 0 fully saturated rings. The molecule has 0 saturated heterocycles. The first kappa shape index (κ1) is 69.6. The summed E-state index contributed by atoms with van der Waals surface area (Å²) in [4.78, 5) is 59.5. The fourth-order valence-corrected chi connectivity index (χ4v) is 5.22. The van der Waals surface area contributed by atoms with E-state index in [1.54, 1.807) is 42.5 Å². The zero-order valence-corrected chi connectivity index (χ0v) is 35.7. The fraction of sp³-hybridized carbons (Fsp3) is 0. The van der Waals surface area contributed by atoms with Crippen LogP contribution < -0.4 is 70.9 Å². The maximum Gasteiger partial charge on any atom is 0.394 e. The summed E-state index contributed by atoms with van der Waals surface area (Å²) in [5, 5.41) is 21.2. The minimum atomic E-state index is -4.67. The topological polar surface area (TPSA) is 719 Å². The van der Waals surface area contributed by atoms with Crippen molar-refractivity contribution in [1.29, 1.82) is 0 Å². The second-order valence-corrected chi connectivity index (χ2v) is 14.2. The molecule has 7 rings (SSSR count). The molecule has 0 unspecified atom stereocenters. The molecule has 364 valence electrons. The Hall–Kier alpha value is -6.08. The molecule has 0 atom stereocenters. The molecule has 36 N–H and O–H groups in total. The van der Waals surface area contributed by atoms with Gasteiger partial charge in [-0.1, -0.05) is 24.3 Å². The SMILES string of the molecule is N.N.N.N.N.N.N.N.O=S(=O)(O)O.O=S(=O)(O)O.O=S(=O)(O)O.O=S(=O)(O)O.O=c1c2ccccc2c(=O)c2c1ccc1[nH]c3c(ccc4c(=O)c5c(O)c(O)ccc5c(=O)c43)[nH]c12. The Kier molecular flexibility index (Phi) is 27.5. The molecule has 0 aliphatic heterocycles. The molecule has 0 spiro atoms. The van der Waals surface area contributed by atoms with Crippen molar-refractivity contribution in [1.82, 2.24) is 59.2 Å². The van der Waals surface area contributed by atoms with Crippen molar-refractivity contribution in [3.05, 3.63) is 102 Å². The Labute approximate surface area is 358 Å². The van der Waals surface area contributed by atoms with Gasteiger partial charge in [0.1, 0.15) is 0 Å². The normalized spacial score (nSPS) is 10.4. The maximum absolute atomic E-state index is 13.5. The van der Waals surface area contributed by atoms with Crippen LogP contribution in [-0.2, 0) is 41.6 Å². The van der Waals surface area contributed by atoms with E-state index in [2.05, 4.69) is 9.97 Å². The van der Waals surface area contributed by atoms with Gasteiger partial charge in [0, 0.05) is 26.9 Å². The highest BCUT2D eigenvalue weighted by molar-refractivity contribution is 7.80. The summed E-state index contributed by atoms with van der Waals surface area (Å²) in [6, 6.07) is 15.4. The Bertz CT molecular complexity index is 3280. The number of phenols is 2. The number of rotatable bonds is 0. The minimum absolute atomic E-state index is 0. The fourth-order valence-electron chi connectivity index (χ4n) is 5.22. The first-order chi connectivity index (χ1) is 25.4. The van der Waals surface area contributed by atoms with Crippen LogP contribution in [0.1, 0.15) is 0 Å². The summed E-state index contributed by atoms with van der Waals surface area (Å²) in [6.07, 6.45) is 0. The van der Waals surface area contributed by atoms with Gasteiger partial charge in [-0.15, -0.1) is 0 Å². The van der Waals surface area contributed by atoms with E-state index in [9.17, 15) is 29.4 Å². The second kappa shape index (κ2) is 25.3. The molecule has 1 aromatic heterocycles. The maximum atomic E-state index is 13.5. The van der Waals surface area contributed by atoms with Crippen molar-refractivity contribution in [3.8, 4) is 11.5 Å². The van der Waals surface area contributed by atoms with E-state index in [1.165, 1.54) is 12.1 Å². The molecule has 0 aliphatic carbocycles. The molecule has 64 heavy (non-hydrogen) atoms. The second-order valence-electron chi connectivity index (χ2n) is 10.6. The van der Waals surface area contributed by atoms with Crippen molar-refractivity contribution in [3.63, 3.8) is 0 Å². The monoisotopic (exact) mass is 1000 g/mol.